The molecule has 1 aromatic carbocycles. The maximum atomic E-state index is 6.06. The van der Waals surface area contributed by atoms with Crippen LogP contribution in [0.3, 0.4) is 0 Å². The summed E-state index contributed by atoms with van der Waals surface area (Å²) < 4.78 is 0. The maximum Gasteiger partial charge on any atom is 0.0408 e. The van der Waals surface area contributed by atoms with E-state index in [-0.39, 0.29) is 5.54 Å². The molecule has 0 fully saturated rings. The van der Waals surface area contributed by atoms with Gasteiger partial charge < -0.3 is 5.73 Å². The molecule has 0 saturated heterocycles. The Morgan fingerprint density at radius 1 is 1.46 bits per heavy atom. The molecule has 1 rings (SSSR count). The highest BCUT2D eigenvalue weighted by atomic mass is 35.5. The van der Waals surface area contributed by atoms with E-state index in [4.69, 9.17) is 17.3 Å². The number of hydrogen-bond acceptors (Lipinski definition) is 1. The molecular formula is C11H16ClN. The minimum absolute atomic E-state index is 0.120. The van der Waals surface area contributed by atoms with E-state index in [0.717, 1.165) is 17.9 Å². The minimum Gasteiger partial charge on any atom is -0.325 e. The van der Waals surface area contributed by atoms with Crippen LogP contribution < -0.4 is 5.73 Å². The third kappa shape index (κ3) is 3.37. The highest BCUT2D eigenvalue weighted by Gasteiger charge is 2.15. The van der Waals surface area contributed by atoms with Gasteiger partial charge in [0.2, 0.25) is 0 Å². The summed E-state index contributed by atoms with van der Waals surface area (Å²) in [6.45, 7) is 4.17. The Bertz CT molecular complexity index is 281. The fourth-order valence-electron chi connectivity index (χ4n) is 1.24. The zero-order valence-electron chi connectivity index (χ0n) is 8.18. The van der Waals surface area contributed by atoms with Crippen molar-refractivity contribution in [3.63, 3.8) is 0 Å². The van der Waals surface area contributed by atoms with Crippen LogP contribution in [0.4, 0.5) is 0 Å². The Balaban J connectivity index is 2.74. The lowest BCUT2D eigenvalue weighted by atomic mass is 9.91. The fourth-order valence-corrected chi connectivity index (χ4v) is 1.45. The van der Waals surface area contributed by atoms with Gasteiger partial charge in [0.25, 0.3) is 0 Å². The number of halogens is 1. The van der Waals surface area contributed by atoms with Crippen molar-refractivity contribution in [2.24, 2.45) is 5.73 Å². The molecule has 1 atom stereocenters. The van der Waals surface area contributed by atoms with Crippen molar-refractivity contribution >= 4 is 11.6 Å². The van der Waals surface area contributed by atoms with Crippen LogP contribution in [0, 0.1) is 0 Å². The molecule has 0 heterocycles. The van der Waals surface area contributed by atoms with E-state index < -0.39 is 0 Å². The monoisotopic (exact) mass is 197 g/mol. The van der Waals surface area contributed by atoms with Gasteiger partial charge in [-0.2, -0.15) is 0 Å². The molecule has 1 unspecified atom stereocenters. The third-order valence-electron chi connectivity index (χ3n) is 2.30. The molecule has 0 aliphatic heterocycles. The van der Waals surface area contributed by atoms with Crippen molar-refractivity contribution in [2.45, 2.75) is 32.2 Å². The summed E-state index contributed by atoms with van der Waals surface area (Å²) in [6.07, 6.45) is 1.85. The maximum absolute atomic E-state index is 6.06. The minimum atomic E-state index is -0.120. The van der Waals surface area contributed by atoms with Crippen LogP contribution in [0.5, 0.6) is 0 Å². The Kier molecular flexibility index (Phi) is 3.34. The first-order chi connectivity index (χ1) is 6.03. The van der Waals surface area contributed by atoms with E-state index in [2.05, 4.69) is 19.9 Å². The summed E-state index contributed by atoms with van der Waals surface area (Å²) in [4.78, 5) is 0. The molecule has 1 aromatic rings. The van der Waals surface area contributed by atoms with Crippen molar-refractivity contribution < 1.29 is 0 Å². The first kappa shape index (κ1) is 10.6. The number of hydrogen-bond donors (Lipinski definition) is 1. The van der Waals surface area contributed by atoms with E-state index in [0.29, 0.717) is 0 Å². The molecule has 0 aliphatic carbocycles. The van der Waals surface area contributed by atoms with Gasteiger partial charge in [-0.3, -0.25) is 0 Å². The average Bonchev–Trinajstić information content (AvgIpc) is 2.03. The molecule has 0 radical (unpaired) electrons. The van der Waals surface area contributed by atoms with Crippen LogP contribution in [0.25, 0.3) is 0 Å². The molecule has 0 aromatic heterocycles. The highest BCUT2D eigenvalue weighted by Crippen LogP contribution is 2.17. The van der Waals surface area contributed by atoms with Gasteiger partial charge in [0, 0.05) is 10.6 Å². The van der Waals surface area contributed by atoms with E-state index in [1.165, 1.54) is 5.56 Å². The van der Waals surface area contributed by atoms with Crippen molar-refractivity contribution in [2.75, 3.05) is 0 Å². The molecule has 72 valence electrons. The molecule has 13 heavy (non-hydrogen) atoms. The van der Waals surface area contributed by atoms with Crippen molar-refractivity contribution in [1.82, 2.24) is 0 Å². The van der Waals surface area contributed by atoms with Gasteiger partial charge in [-0.25, -0.2) is 0 Å². The van der Waals surface area contributed by atoms with E-state index in [9.17, 15) is 0 Å². The van der Waals surface area contributed by atoms with Gasteiger partial charge in [0.15, 0.2) is 0 Å². The summed E-state index contributed by atoms with van der Waals surface area (Å²) in [6, 6.07) is 7.88. The lowest BCUT2D eigenvalue weighted by Crippen LogP contribution is -2.37. The van der Waals surface area contributed by atoms with Crippen LogP contribution in [-0.4, -0.2) is 5.54 Å². The first-order valence-corrected chi connectivity index (χ1v) is 4.94. The van der Waals surface area contributed by atoms with Crippen LogP contribution >= 0.6 is 11.6 Å². The molecule has 0 bridgehead atoms. The van der Waals surface area contributed by atoms with E-state index in [1.807, 2.05) is 18.2 Å². The molecule has 1 nitrogen and oxygen atoms in total. The second-order valence-electron chi connectivity index (χ2n) is 3.81. The van der Waals surface area contributed by atoms with Crippen LogP contribution in [0.15, 0.2) is 24.3 Å². The fraction of sp³-hybridized carbons (Fsp3) is 0.455. The zero-order chi connectivity index (χ0) is 9.90. The SMILES string of the molecule is CCC(C)(N)Cc1cccc(Cl)c1. The summed E-state index contributed by atoms with van der Waals surface area (Å²) in [5.74, 6) is 0. The normalized spacial score (nSPS) is 15.4. The van der Waals surface area contributed by atoms with Crippen LogP contribution in [-0.2, 0) is 6.42 Å². The summed E-state index contributed by atoms with van der Waals surface area (Å²) >= 11 is 5.88. The Morgan fingerprint density at radius 2 is 2.15 bits per heavy atom. The smallest absolute Gasteiger partial charge is 0.0408 e. The lowest BCUT2D eigenvalue weighted by molar-refractivity contribution is 0.450. The predicted octanol–water partition coefficient (Wildman–Crippen LogP) is 3.01. The van der Waals surface area contributed by atoms with E-state index >= 15 is 0 Å². The Hall–Kier alpha value is -0.530. The Labute approximate surface area is 84.9 Å². The topological polar surface area (TPSA) is 26.0 Å². The molecule has 0 spiro atoms. The van der Waals surface area contributed by atoms with Crippen LogP contribution in [0.1, 0.15) is 25.8 Å². The predicted molar refractivity (Wildman–Crippen MR) is 58.0 cm³/mol. The Morgan fingerprint density at radius 3 is 2.69 bits per heavy atom. The van der Waals surface area contributed by atoms with Gasteiger partial charge in [-0.15, -0.1) is 0 Å². The van der Waals surface area contributed by atoms with Crippen molar-refractivity contribution in [3.8, 4) is 0 Å². The summed E-state index contributed by atoms with van der Waals surface area (Å²) in [5, 5.41) is 0.782. The van der Waals surface area contributed by atoms with Crippen molar-refractivity contribution in [3.05, 3.63) is 34.9 Å². The van der Waals surface area contributed by atoms with Crippen LogP contribution in [0.2, 0.25) is 5.02 Å². The number of benzene rings is 1. The second-order valence-corrected chi connectivity index (χ2v) is 4.25. The average molecular weight is 198 g/mol. The number of nitrogens with two attached hydrogens (primary N) is 1. The molecule has 0 saturated carbocycles. The molecule has 2 N–H and O–H groups in total. The van der Waals surface area contributed by atoms with Gasteiger partial charge in [0.1, 0.15) is 0 Å². The first-order valence-electron chi connectivity index (χ1n) is 4.57. The zero-order valence-corrected chi connectivity index (χ0v) is 8.93. The molecule has 0 amide bonds. The summed E-state index contributed by atoms with van der Waals surface area (Å²) in [7, 11) is 0. The second kappa shape index (κ2) is 4.12. The third-order valence-corrected chi connectivity index (χ3v) is 2.54. The quantitative estimate of drug-likeness (QED) is 0.792. The standard InChI is InChI=1S/C11H16ClN/c1-3-11(2,13)8-9-5-4-6-10(12)7-9/h4-7H,3,8,13H2,1-2H3. The largest absolute Gasteiger partial charge is 0.325 e. The van der Waals surface area contributed by atoms with Gasteiger partial charge in [-0.05, 0) is 37.5 Å². The molecule has 0 aliphatic rings. The highest BCUT2D eigenvalue weighted by molar-refractivity contribution is 6.30. The van der Waals surface area contributed by atoms with E-state index in [1.54, 1.807) is 0 Å². The molecule has 2 heteroatoms. The lowest BCUT2D eigenvalue weighted by Gasteiger charge is -2.22. The van der Waals surface area contributed by atoms with Gasteiger partial charge in [-0.1, -0.05) is 30.7 Å². The number of rotatable bonds is 3. The molecular weight excluding hydrogens is 182 g/mol. The van der Waals surface area contributed by atoms with Gasteiger partial charge in [0.05, 0.1) is 0 Å². The summed E-state index contributed by atoms with van der Waals surface area (Å²) in [5.41, 5.74) is 7.14. The van der Waals surface area contributed by atoms with Gasteiger partial charge >= 0.3 is 0 Å². The van der Waals surface area contributed by atoms with Crippen molar-refractivity contribution in [1.29, 1.82) is 0 Å².